The van der Waals surface area contributed by atoms with Crippen molar-refractivity contribution in [3.8, 4) is 0 Å². The second-order valence-electron chi connectivity index (χ2n) is 4.55. The molecule has 1 unspecified atom stereocenters. The SMILES string of the molecule is COCCC(C)NCc1ccnc2ccccc12. The molecule has 1 N–H and O–H groups in total. The number of aromatic nitrogens is 1. The number of pyridine rings is 1. The number of nitrogens with one attached hydrogen (secondary N) is 1. The molecule has 0 aliphatic carbocycles. The van der Waals surface area contributed by atoms with Crippen LogP contribution in [0.1, 0.15) is 18.9 Å². The second-order valence-corrected chi connectivity index (χ2v) is 4.55. The number of methoxy groups -OCH3 is 1. The Hall–Kier alpha value is -1.45. The van der Waals surface area contributed by atoms with Gasteiger partial charge in [-0.3, -0.25) is 4.98 Å². The molecular weight excluding hydrogens is 224 g/mol. The van der Waals surface area contributed by atoms with Crippen LogP contribution in [0, 0.1) is 0 Å². The summed E-state index contributed by atoms with van der Waals surface area (Å²) in [6, 6.07) is 10.8. The number of benzene rings is 1. The lowest BCUT2D eigenvalue weighted by atomic mass is 10.1. The molecule has 3 nitrogen and oxygen atoms in total. The van der Waals surface area contributed by atoms with Gasteiger partial charge in [-0.1, -0.05) is 18.2 Å². The monoisotopic (exact) mass is 244 g/mol. The van der Waals surface area contributed by atoms with E-state index in [1.165, 1.54) is 10.9 Å². The fourth-order valence-corrected chi connectivity index (χ4v) is 1.99. The van der Waals surface area contributed by atoms with Crippen LogP contribution < -0.4 is 5.32 Å². The Kier molecular flexibility index (Phi) is 4.67. The number of hydrogen-bond donors (Lipinski definition) is 1. The third-order valence-corrected chi connectivity index (χ3v) is 3.14. The van der Waals surface area contributed by atoms with Crippen molar-refractivity contribution in [2.45, 2.75) is 25.9 Å². The van der Waals surface area contributed by atoms with Gasteiger partial charge >= 0.3 is 0 Å². The van der Waals surface area contributed by atoms with Gasteiger partial charge in [0.05, 0.1) is 5.52 Å². The molecule has 0 fully saturated rings. The van der Waals surface area contributed by atoms with Gasteiger partial charge in [-0.25, -0.2) is 0 Å². The minimum atomic E-state index is 0.455. The van der Waals surface area contributed by atoms with Crippen LogP contribution in [0.2, 0.25) is 0 Å². The molecule has 0 bridgehead atoms. The summed E-state index contributed by atoms with van der Waals surface area (Å²) >= 11 is 0. The highest BCUT2D eigenvalue weighted by atomic mass is 16.5. The third kappa shape index (κ3) is 3.28. The Bertz CT molecular complexity index is 493. The van der Waals surface area contributed by atoms with Gasteiger partial charge in [0.25, 0.3) is 0 Å². The summed E-state index contributed by atoms with van der Waals surface area (Å²) in [4.78, 5) is 4.37. The van der Waals surface area contributed by atoms with E-state index in [9.17, 15) is 0 Å². The zero-order valence-electron chi connectivity index (χ0n) is 11.0. The first kappa shape index (κ1) is 13.0. The van der Waals surface area contributed by atoms with Gasteiger partial charge in [-0.2, -0.15) is 0 Å². The lowest BCUT2D eigenvalue weighted by molar-refractivity contribution is 0.184. The smallest absolute Gasteiger partial charge is 0.0705 e. The zero-order chi connectivity index (χ0) is 12.8. The standard InChI is InChI=1S/C15H20N2O/c1-12(8-10-18-2)17-11-13-7-9-16-15-6-4-3-5-14(13)15/h3-7,9,12,17H,8,10-11H2,1-2H3. The molecule has 0 saturated heterocycles. The highest BCUT2D eigenvalue weighted by Crippen LogP contribution is 2.15. The maximum Gasteiger partial charge on any atom is 0.0705 e. The van der Waals surface area contributed by atoms with Crippen molar-refractivity contribution in [2.75, 3.05) is 13.7 Å². The van der Waals surface area contributed by atoms with Crippen LogP contribution in [0.25, 0.3) is 10.9 Å². The highest BCUT2D eigenvalue weighted by molar-refractivity contribution is 5.81. The molecule has 3 heteroatoms. The maximum absolute atomic E-state index is 5.08. The van der Waals surface area contributed by atoms with Gasteiger partial charge in [0, 0.05) is 37.9 Å². The van der Waals surface area contributed by atoms with E-state index in [1.54, 1.807) is 7.11 Å². The normalized spacial score (nSPS) is 12.8. The molecule has 2 rings (SSSR count). The maximum atomic E-state index is 5.08. The average molecular weight is 244 g/mol. The fourth-order valence-electron chi connectivity index (χ4n) is 1.99. The molecule has 0 radical (unpaired) electrons. The quantitative estimate of drug-likeness (QED) is 0.848. The Morgan fingerprint density at radius 2 is 2.11 bits per heavy atom. The number of para-hydroxylation sites is 1. The first-order valence-corrected chi connectivity index (χ1v) is 6.36. The molecule has 1 aromatic heterocycles. The van der Waals surface area contributed by atoms with Gasteiger partial charge < -0.3 is 10.1 Å². The number of rotatable bonds is 6. The molecule has 1 heterocycles. The van der Waals surface area contributed by atoms with Gasteiger partial charge in [0.15, 0.2) is 0 Å². The molecule has 1 aromatic carbocycles. The molecule has 0 aliphatic heterocycles. The second kappa shape index (κ2) is 6.47. The molecule has 96 valence electrons. The zero-order valence-corrected chi connectivity index (χ0v) is 11.0. The van der Waals surface area contributed by atoms with E-state index in [-0.39, 0.29) is 0 Å². The molecular formula is C15H20N2O. The van der Waals surface area contributed by atoms with Crippen LogP contribution >= 0.6 is 0 Å². The fraction of sp³-hybridized carbons (Fsp3) is 0.400. The molecule has 1 atom stereocenters. The van der Waals surface area contributed by atoms with Crippen LogP contribution in [-0.4, -0.2) is 24.7 Å². The van der Waals surface area contributed by atoms with Gasteiger partial charge in [0.1, 0.15) is 0 Å². The third-order valence-electron chi connectivity index (χ3n) is 3.14. The summed E-state index contributed by atoms with van der Waals surface area (Å²) in [5.74, 6) is 0. The van der Waals surface area contributed by atoms with Crippen LogP contribution in [0.15, 0.2) is 36.5 Å². The first-order chi connectivity index (χ1) is 8.81. The number of nitrogens with zero attached hydrogens (tertiary/aromatic N) is 1. The molecule has 18 heavy (non-hydrogen) atoms. The predicted molar refractivity (Wildman–Crippen MR) is 74.5 cm³/mol. The van der Waals surface area contributed by atoms with Crippen molar-refractivity contribution in [3.05, 3.63) is 42.1 Å². The van der Waals surface area contributed by atoms with Crippen molar-refractivity contribution in [2.24, 2.45) is 0 Å². The molecule has 2 aromatic rings. The van der Waals surface area contributed by atoms with Crippen LogP contribution in [0.3, 0.4) is 0 Å². The lowest BCUT2D eigenvalue weighted by Crippen LogP contribution is -2.26. The van der Waals surface area contributed by atoms with E-state index in [0.29, 0.717) is 6.04 Å². The summed E-state index contributed by atoms with van der Waals surface area (Å²) in [7, 11) is 1.74. The largest absolute Gasteiger partial charge is 0.385 e. The van der Waals surface area contributed by atoms with Crippen molar-refractivity contribution < 1.29 is 4.74 Å². The summed E-state index contributed by atoms with van der Waals surface area (Å²) in [6.45, 7) is 3.85. The highest BCUT2D eigenvalue weighted by Gasteiger charge is 2.04. The van der Waals surface area contributed by atoms with Crippen molar-refractivity contribution in [3.63, 3.8) is 0 Å². The van der Waals surface area contributed by atoms with E-state index in [4.69, 9.17) is 4.74 Å². The Labute approximate surface area is 108 Å². The average Bonchev–Trinajstić information content (AvgIpc) is 2.42. The van der Waals surface area contributed by atoms with Crippen molar-refractivity contribution in [1.82, 2.24) is 10.3 Å². The summed E-state index contributed by atoms with van der Waals surface area (Å²) in [5.41, 5.74) is 2.35. The molecule has 0 spiro atoms. The first-order valence-electron chi connectivity index (χ1n) is 6.36. The minimum Gasteiger partial charge on any atom is -0.385 e. The summed E-state index contributed by atoms with van der Waals surface area (Å²) in [6.07, 6.45) is 2.90. The van der Waals surface area contributed by atoms with Crippen LogP contribution in [0.4, 0.5) is 0 Å². The van der Waals surface area contributed by atoms with E-state index in [0.717, 1.165) is 25.1 Å². The molecule has 0 saturated carbocycles. The number of ether oxygens (including phenoxy) is 1. The van der Waals surface area contributed by atoms with Crippen molar-refractivity contribution in [1.29, 1.82) is 0 Å². The lowest BCUT2D eigenvalue weighted by Gasteiger charge is -2.14. The van der Waals surface area contributed by atoms with Crippen molar-refractivity contribution >= 4 is 10.9 Å². The van der Waals surface area contributed by atoms with E-state index in [2.05, 4.69) is 35.4 Å². The minimum absolute atomic E-state index is 0.455. The van der Waals surface area contributed by atoms with Gasteiger partial charge in [-0.05, 0) is 31.0 Å². The van der Waals surface area contributed by atoms with Gasteiger partial charge in [0.2, 0.25) is 0 Å². The molecule has 0 amide bonds. The van der Waals surface area contributed by atoms with Crippen LogP contribution in [0.5, 0.6) is 0 Å². The van der Waals surface area contributed by atoms with Gasteiger partial charge in [-0.15, -0.1) is 0 Å². The van der Waals surface area contributed by atoms with E-state index < -0.39 is 0 Å². The Balaban J connectivity index is 2.03. The summed E-state index contributed by atoms with van der Waals surface area (Å²) in [5, 5.41) is 4.75. The molecule has 0 aliphatic rings. The number of hydrogen-bond acceptors (Lipinski definition) is 3. The Morgan fingerprint density at radius 3 is 2.94 bits per heavy atom. The predicted octanol–water partition coefficient (Wildman–Crippen LogP) is 2.75. The topological polar surface area (TPSA) is 34.1 Å². The summed E-state index contributed by atoms with van der Waals surface area (Å²) < 4.78 is 5.08. The number of fused-ring (bicyclic) bond motifs is 1. The van der Waals surface area contributed by atoms with Crippen LogP contribution in [-0.2, 0) is 11.3 Å². The van der Waals surface area contributed by atoms with E-state index in [1.807, 2.05) is 18.3 Å². The Morgan fingerprint density at radius 1 is 1.28 bits per heavy atom. The van der Waals surface area contributed by atoms with E-state index >= 15 is 0 Å².